The highest BCUT2D eigenvalue weighted by molar-refractivity contribution is 8.01. The number of benzene rings is 2. The molecule has 2 aliphatic rings. The molecular weight excluding hydrogens is 398 g/mol. The van der Waals surface area contributed by atoms with E-state index in [2.05, 4.69) is 10.6 Å². The molecule has 144 valence electrons. The number of thioether (sulfide) groups is 1. The summed E-state index contributed by atoms with van der Waals surface area (Å²) in [5, 5.41) is 5.66. The van der Waals surface area contributed by atoms with Crippen molar-refractivity contribution < 1.29 is 14.4 Å². The van der Waals surface area contributed by atoms with E-state index in [0.717, 1.165) is 17.0 Å². The van der Waals surface area contributed by atoms with Crippen molar-refractivity contribution in [2.45, 2.75) is 29.4 Å². The van der Waals surface area contributed by atoms with Crippen LogP contribution in [0.2, 0.25) is 5.02 Å². The molecule has 0 radical (unpaired) electrons. The predicted molar refractivity (Wildman–Crippen MR) is 111 cm³/mol. The van der Waals surface area contributed by atoms with Crippen molar-refractivity contribution in [3.8, 4) is 0 Å². The minimum atomic E-state index is -0.517. The third kappa shape index (κ3) is 4.00. The topological polar surface area (TPSA) is 78.5 Å². The number of nitrogens with zero attached hydrogens (tertiary/aromatic N) is 1. The Labute approximate surface area is 171 Å². The highest BCUT2D eigenvalue weighted by Gasteiger charge is 2.29. The molecule has 0 aliphatic carbocycles. The largest absolute Gasteiger partial charge is 0.326 e. The Morgan fingerprint density at radius 2 is 2.11 bits per heavy atom. The van der Waals surface area contributed by atoms with Gasteiger partial charge in [-0.15, -0.1) is 11.8 Å². The van der Waals surface area contributed by atoms with Gasteiger partial charge < -0.3 is 15.5 Å². The van der Waals surface area contributed by atoms with Crippen LogP contribution in [0, 0.1) is 0 Å². The SMILES string of the molecule is O=C(CC1Sc2ccc(Cl)cc2NC1=O)Nc1cccc(N2CCCC2=O)c1. The van der Waals surface area contributed by atoms with Crippen LogP contribution < -0.4 is 15.5 Å². The van der Waals surface area contributed by atoms with Crippen LogP contribution in [0.5, 0.6) is 0 Å². The van der Waals surface area contributed by atoms with Gasteiger partial charge in [0.2, 0.25) is 17.7 Å². The molecule has 1 unspecified atom stereocenters. The Hall–Kier alpha value is -2.51. The van der Waals surface area contributed by atoms with Crippen molar-refractivity contribution in [1.29, 1.82) is 0 Å². The summed E-state index contributed by atoms with van der Waals surface area (Å²) in [5.74, 6) is -0.376. The second-order valence-corrected chi connectivity index (χ2v) is 8.37. The summed E-state index contributed by atoms with van der Waals surface area (Å²) in [6.07, 6.45) is 1.44. The number of hydrogen-bond donors (Lipinski definition) is 2. The van der Waals surface area contributed by atoms with Gasteiger partial charge in [-0.1, -0.05) is 17.7 Å². The zero-order valence-electron chi connectivity index (χ0n) is 14.9. The lowest BCUT2D eigenvalue weighted by Gasteiger charge is -2.24. The van der Waals surface area contributed by atoms with Crippen molar-refractivity contribution in [3.05, 3.63) is 47.5 Å². The van der Waals surface area contributed by atoms with Gasteiger partial charge in [-0.05, 0) is 42.8 Å². The quantitative estimate of drug-likeness (QED) is 0.793. The maximum atomic E-state index is 12.5. The molecule has 1 fully saturated rings. The van der Waals surface area contributed by atoms with Crippen LogP contribution in [0.25, 0.3) is 0 Å². The lowest BCUT2D eigenvalue weighted by molar-refractivity contribution is -0.120. The second-order valence-electron chi connectivity index (χ2n) is 6.69. The van der Waals surface area contributed by atoms with Gasteiger partial charge in [0.05, 0.1) is 10.9 Å². The number of rotatable bonds is 4. The number of nitrogens with one attached hydrogen (secondary N) is 2. The molecule has 6 nitrogen and oxygen atoms in total. The molecule has 2 aromatic rings. The van der Waals surface area contributed by atoms with Gasteiger partial charge in [0.1, 0.15) is 0 Å². The molecule has 4 rings (SSSR count). The zero-order chi connectivity index (χ0) is 19.7. The molecular formula is C20H18ClN3O3S. The number of amides is 3. The molecule has 0 spiro atoms. The smallest absolute Gasteiger partial charge is 0.238 e. The number of halogens is 1. The highest BCUT2D eigenvalue weighted by atomic mass is 35.5. The standard InChI is InChI=1S/C20H18ClN3O3S/c21-12-6-7-16-15(9-12)23-20(27)17(28-16)11-18(25)22-13-3-1-4-14(10-13)24-8-2-5-19(24)26/h1,3-4,6-7,9-10,17H,2,5,8,11H2,(H,22,25)(H,23,27). The van der Waals surface area contributed by atoms with Crippen LogP contribution in [0.1, 0.15) is 19.3 Å². The zero-order valence-corrected chi connectivity index (χ0v) is 16.5. The van der Waals surface area contributed by atoms with E-state index < -0.39 is 5.25 Å². The number of anilines is 3. The molecule has 0 saturated carbocycles. The monoisotopic (exact) mass is 415 g/mol. The highest BCUT2D eigenvalue weighted by Crippen LogP contribution is 2.38. The summed E-state index contributed by atoms with van der Waals surface area (Å²) < 4.78 is 0. The lowest BCUT2D eigenvalue weighted by Crippen LogP contribution is -2.32. The third-order valence-electron chi connectivity index (χ3n) is 4.65. The first kappa shape index (κ1) is 18.8. The fourth-order valence-corrected chi connectivity index (χ4v) is 4.57. The summed E-state index contributed by atoms with van der Waals surface area (Å²) in [6, 6.07) is 12.5. The van der Waals surface area contributed by atoms with Crippen LogP contribution in [-0.2, 0) is 14.4 Å². The van der Waals surface area contributed by atoms with Gasteiger partial charge in [0.25, 0.3) is 0 Å². The number of fused-ring (bicyclic) bond motifs is 1. The Kier molecular flexibility index (Phi) is 5.28. The summed E-state index contributed by atoms with van der Waals surface area (Å²) in [4.78, 5) is 39.3. The van der Waals surface area contributed by atoms with Gasteiger partial charge in [-0.3, -0.25) is 14.4 Å². The van der Waals surface area contributed by atoms with Crippen LogP contribution in [0.3, 0.4) is 0 Å². The number of hydrogen-bond acceptors (Lipinski definition) is 4. The molecule has 3 amide bonds. The summed E-state index contributed by atoms with van der Waals surface area (Å²) >= 11 is 7.31. The van der Waals surface area contributed by atoms with E-state index >= 15 is 0 Å². The normalized spacial score (nSPS) is 18.6. The Morgan fingerprint density at radius 3 is 2.89 bits per heavy atom. The molecule has 2 aromatic carbocycles. The van der Waals surface area contributed by atoms with E-state index in [9.17, 15) is 14.4 Å². The molecule has 28 heavy (non-hydrogen) atoms. The van der Waals surface area contributed by atoms with Crippen molar-refractivity contribution in [3.63, 3.8) is 0 Å². The predicted octanol–water partition coefficient (Wildman–Crippen LogP) is 3.91. The fraction of sp³-hybridized carbons (Fsp3) is 0.250. The third-order valence-corrected chi connectivity index (χ3v) is 6.16. The van der Waals surface area contributed by atoms with Crippen molar-refractivity contribution in [1.82, 2.24) is 0 Å². The Balaban J connectivity index is 1.41. The molecule has 0 aromatic heterocycles. The number of carbonyl (C=O) groups is 3. The first-order valence-corrected chi connectivity index (χ1v) is 10.2. The van der Waals surface area contributed by atoms with Gasteiger partial charge in [-0.25, -0.2) is 0 Å². The first-order chi connectivity index (χ1) is 13.5. The molecule has 8 heteroatoms. The van der Waals surface area contributed by atoms with Crippen LogP contribution >= 0.6 is 23.4 Å². The van der Waals surface area contributed by atoms with E-state index in [4.69, 9.17) is 11.6 Å². The van der Waals surface area contributed by atoms with Gasteiger partial charge in [0, 0.05) is 40.7 Å². The Bertz CT molecular complexity index is 965. The Morgan fingerprint density at radius 1 is 1.25 bits per heavy atom. The van der Waals surface area contributed by atoms with Gasteiger partial charge in [-0.2, -0.15) is 0 Å². The molecule has 2 heterocycles. The van der Waals surface area contributed by atoms with Crippen LogP contribution in [0.4, 0.5) is 17.1 Å². The summed E-state index contributed by atoms with van der Waals surface area (Å²) in [7, 11) is 0. The van der Waals surface area contributed by atoms with E-state index in [1.807, 2.05) is 12.1 Å². The average molecular weight is 416 g/mol. The van der Waals surface area contributed by atoms with Crippen molar-refractivity contribution in [2.24, 2.45) is 0 Å². The van der Waals surface area contributed by atoms with Crippen LogP contribution in [0.15, 0.2) is 47.4 Å². The lowest BCUT2D eigenvalue weighted by atomic mass is 10.2. The summed E-state index contributed by atoms with van der Waals surface area (Å²) in [5.41, 5.74) is 2.05. The molecule has 1 saturated heterocycles. The van der Waals surface area contributed by atoms with Gasteiger partial charge >= 0.3 is 0 Å². The fourth-order valence-electron chi connectivity index (χ4n) is 3.31. The molecule has 2 aliphatic heterocycles. The number of carbonyl (C=O) groups excluding carboxylic acids is 3. The minimum Gasteiger partial charge on any atom is -0.326 e. The van der Waals surface area contributed by atoms with E-state index in [1.165, 1.54) is 11.8 Å². The van der Waals surface area contributed by atoms with E-state index in [0.29, 0.717) is 29.4 Å². The van der Waals surface area contributed by atoms with E-state index in [1.54, 1.807) is 35.2 Å². The molecule has 1 atom stereocenters. The summed E-state index contributed by atoms with van der Waals surface area (Å²) in [6.45, 7) is 0.693. The van der Waals surface area contributed by atoms with Gasteiger partial charge in [0.15, 0.2) is 0 Å². The first-order valence-electron chi connectivity index (χ1n) is 8.97. The minimum absolute atomic E-state index is 0.0471. The van der Waals surface area contributed by atoms with Crippen LogP contribution in [-0.4, -0.2) is 29.5 Å². The average Bonchev–Trinajstić information content (AvgIpc) is 3.09. The maximum absolute atomic E-state index is 12.5. The van der Waals surface area contributed by atoms with Crippen molar-refractivity contribution in [2.75, 3.05) is 22.1 Å². The molecule has 0 bridgehead atoms. The molecule has 2 N–H and O–H groups in total. The van der Waals surface area contributed by atoms with Crippen molar-refractivity contribution >= 4 is 58.1 Å². The van der Waals surface area contributed by atoms with E-state index in [-0.39, 0.29) is 24.1 Å². The second kappa shape index (κ2) is 7.85. The maximum Gasteiger partial charge on any atom is 0.238 e.